The molecule has 6 rings (SSSR count). The van der Waals surface area contributed by atoms with Gasteiger partial charge in [0.15, 0.2) is 11.5 Å². The minimum atomic E-state index is 0.439. The van der Waals surface area contributed by atoms with Crippen LogP contribution in [0, 0.1) is 11.8 Å². The Hall–Kier alpha value is -3.33. The summed E-state index contributed by atoms with van der Waals surface area (Å²) in [5, 5.41) is 11.7. The molecule has 9 heteroatoms. The molecule has 2 bridgehead atoms. The van der Waals surface area contributed by atoms with Crippen LogP contribution in [0.2, 0.25) is 0 Å². The zero-order chi connectivity index (χ0) is 20.9. The van der Waals surface area contributed by atoms with Crippen LogP contribution in [0.1, 0.15) is 12.8 Å². The van der Waals surface area contributed by atoms with Gasteiger partial charge >= 0.3 is 0 Å². The second kappa shape index (κ2) is 7.12. The zero-order valence-corrected chi connectivity index (χ0v) is 17.7. The van der Waals surface area contributed by atoms with Crippen molar-refractivity contribution in [3.05, 3.63) is 36.8 Å². The van der Waals surface area contributed by atoms with Gasteiger partial charge in [0, 0.05) is 50.3 Å². The van der Waals surface area contributed by atoms with E-state index in [-0.39, 0.29) is 0 Å². The topological polar surface area (TPSA) is 96.2 Å². The van der Waals surface area contributed by atoms with E-state index in [1.165, 1.54) is 12.8 Å². The summed E-state index contributed by atoms with van der Waals surface area (Å²) in [6.07, 6.45) is 7.85. The number of hydrogen-bond donors (Lipinski definition) is 2. The Labute approximate surface area is 179 Å². The highest BCUT2D eigenvalue weighted by Gasteiger charge is 2.41. The lowest BCUT2D eigenvalue weighted by Gasteiger charge is -2.36. The Morgan fingerprint density at radius 3 is 2.61 bits per heavy atom. The van der Waals surface area contributed by atoms with Crippen molar-refractivity contribution in [2.45, 2.75) is 18.9 Å². The second-order valence-electron chi connectivity index (χ2n) is 8.64. The van der Waals surface area contributed by atoms with Gasteiger partial charge in [-0.05, 0) is 49.9 Å². The van der Waals surface area contributed by atoms with E-state index in [2.05, 4.69) is 32.5 Å². The number of aromatic nitrogens is 6. The van der Waals surface area contributed by atoms with E-state index in [1.54, 1.807) is 12.4 Å². The first-order valence-electron chi connectivity index (χ1n) is 10.8. The fourth-order valence-corrected chi connectivity index (χ4v) is 5.31. The molecule has 0 spiro atoms. The summed E-state index contributed by atoms with van der Waals surface area (Å²) in [6, 6.07) is 6.38. The third-order valence-corrected chi connectivity index (χ3v) is 6.67. The van der Waals surface area contributed by atoms with Gasteiger partial charge in [-0.2, -0.15) is 4.98 Å². The van der Waals surface area contributed by atoms with Gasteiger partial charge in [0.25, 0.3) is 0 Å². The van der Waals surface area contributed by atoms with E-state index < -0.39 is 0 Å². The summed E-state index contributed by atoms with van der Waals surface area (Å²) in [5.74, 6) is 2.76. The van der Waals surface area contributed by atoms with Crippen LogP contribution in [0.15, 0.2) is 36.8 Å². The first kappa shape index (κ1) is 18.4. The van der Waals surface area contributed by atoms with Crippen molar-refractivity contribution in [1.29, 1.82) is 0 Å². The molecule has 5 heterocycles. The molecule has 1 aliphatic carbocycles. The van der Waals surface area contributed by atoms with Crippen molar-refractivity contribution in [2.75, 3.05) is 37.8 Å². The number of fused-ring (bicyclic) bond motifs is 4. The van der Waals surface area contributed by atoms with Crippen LogP contribution >= 0.6 is 0 Å². The lowest BCUT2D eigenvalue weighted by atomic mass is 9.93. The molecule has 1 saturated heterocycles. The number of hydrogen-bond acceptors (Lipinski definition) is 8. The van der Waals surface area contributed by atoms with Gasteiger partial charge in [0.1, 0.15) is 11.0 Å². The van der Waals surface area contributed by atoms with Crippen LogP contribution in [0.3, 0.4) is 0 Å². The average molecular weight is 416 g/mol. The minimum absolute atomic E-state index is 0.439. The molecular formula is C22H25N9. The van der Waals surface area contributed by atoms with Crippen molar-refractivity contribution in [2.24, 2.45) is 11.8 Å². The Bertz CT molecular complexity index is 1250. The molecule has 1 aliphatic heterocycles. The number of nitrogens with zero attached hydrogens (tertiary/aromatic N) is 7. The Kier molecular flexibility index (Phi) is 4.24. The molecule has 1 saturated carbocycles. The quantitative estimate of drug-likeness (QED) is 0.525. The van der Waals surface area contributed by atoms with Crippen molar-refractivity contribution in [3.8, 4) is 11.3 Å². The molecule has 2 fully saturated rings. The smallest absolute Gasteiger partial charge is 0.243 e. The Morgan fingerprint density at radius 2 is 1.81 bits per heavy atom. The SMILES string of the molecule is CNc1nc(NC2C3CCC2CN(C)C3)nn2ccc(-c3ccc4nccnc4n3)c12. The fourth-order valence-electron chi connectivity index (χ4n) is 5.31. The van der Waals surface area contributed by atoms with E-state index in [0.717, 1.165) is 41.2 Å². The number of piperidine rings is 1. The first-order valence-corrected chi connectivity index (χ1v) is 10.8. The maximum atomic E-state index is 4.83. The molecule has 9 nitrogen and oxygen atoms in total. The predicted molar refractivity (Wildman–Crippen MR) is 120 cm³/mol. The standard InChI is InChI=1S/C22H25N9/c1-23-21-19-15(16-5-6-17-20(26-16)25-9-8-24-17)7-10-31(19)29-22(28-21)27-18-13-3-4-14(18)12-30(2)11-13/h5-10,13-14,18H,3-4,11-12H2,1-2H3,(H2,23,27,28,29). The van der Waals surface area contributed by atoms with Crippen LogP contribution < -0.4 is 10.6 Å². The van der Waals surface area contributed by atoms with E-state index in [1.807, 2.05) is 36.0 Å². The summed E-state index contributed by atoms with van der Waals surface area (Å²) in [6.45, 7) is 2.28. The molecule has 2 unspecified atom stereocenters. The molecule has 0 radical (unpaired) electrons. The van der Waals surface area contributed by atoms with E-state index >= 15 is 0 Å². The van der Waals surface area contributed by atoms with Gasteiger partial charge in [0.2, 0.25) is 5.95 Å². The normalized spacial score (nSPS) is 23.5. The molecule has 0 amide bonds. The molecule has 2 N–H and O–H groups in total. The van der Waals surface area contributed by atoms with Gasteiger partial charge in [-0.15, -0.1) is 5.10 Å². The number of nitrogens with one attached hydrogen (secondary N) is 2. The molecule has 0 aromatic carbocycles. The molecular weight excluding hydrogens is 390 g/mol. The molecule has 31 heavy (non-hydrogen) atoms. The van der Waals surface area contributed by atoms with Crippen LogP contribution in [0.4, 0.5) is 11.8 Å². The first-order chi connectivity index (χ1) is 15.2. The minimum Gasteiger partial charge on any atom is -0.371 e. The fraction of sp³-hybridized carbons (Fsp3) is 0.409. The van der Waals surface area contributed by atoms with Crippen LogP contribution in [-0.4, -0.2) is 67.7 Å². The largest absolute Gasteiger partial charge is 0.371 e. The van der Waals surface area contributed by atoms with Gasteiger partial charge in [-0.25, -0.2) is 14.5 Å². The Balaban J connectivity index is 1.38. The van der Waals surface area contributed by atoms with Crippen molar-refractivity contribution < 1.29 is 0 Å². The van der Waals surface area contributed by atoms with Crippen molar-refractivity contribution >= 4 is 28.4 Å². The second-order valence-corrected chi connectivity index (χ2v) is 8.64. The summed E-state index contributed by atoms with van der Waals surface area (Å²) in [5.41, 5.74) is 4.09. The van der Waals surface area contributed by atoms with Gasteiger partial charge in [0.05, 0.1) is 5.69 Å². The van der Waals surface area contributed by atoms with E-state index in [0.29, 0.717) is 29.5 Å². The third-order valence-electron chi connectivity index (χ3n) is 6.67. The van der Waals surface area contributed by atoms with Crippen molar-refractivity contribution in [1.82, 2.24) is 34.4 Å². The van der Waals surface area contributed by atoms with Crippen LogP contribution in [0.5, 0.6) is 0 Å². The average Bonchev–Trinajstić information content (AvgIpc) is 3.31. The van der Waals surface area contributed by atoms with E-state index in [4.69, 9.17) is 15.1 Å². The van der Waals surface area contributed by atoms with Gasteiger partial charge < -0.3 is 15.5 Å². The highest BCUT2D eigenvalue weighted by Crippen LogP contribution is 2.38. The summed E-state index contributed by atoms with van der Waals surface area (Å²) in [7, 11) is 4.11. The highest BCUT2D eigenvalue weighted by atomic mass is 15.3. The predicted octanol–water partition coefficient (Wildman–Crippen LogP) is 2.53. The number of likely N-dealkylation sites (tertiary alicyclic amines) is 1. The molecule has 4 aromatic heterocycles. The lowest BCUT2D eigenvalue weighted by molar-refractivity contribution is 0.186. The number of anilines is 2. The van der Waals surface area contributed by atoms with Gasteiger partial charge in [-0.1, -0.05) is 0 Å². The summed E-state index contributed by atoms with van der Waals surface area (Å²) >= 11 is 0. The van der Waals surface area contributed by atoms with Crippen LogP contribution in [-0.2, 0) is 0 Å². The number of pyridine rings is 1. The van der Waals surface area contributed by atoms with Gasteiger partial charge in [-0.3, -0.25) is 4.98 Å². The maximum Gasteiger partial charge on any atom is 0.243 e. The zero-order valence-electron chi connectivity index (χ0n) is 17.7. The maximum absolute atomic E-state index is 4.83. The molecule has 2 atom stereocenters. The van der Waals surface area contributed by atoms with Crippen molar-refractivity contribution in [3.63, 3.8) is 0 Å². The monoisotopic (exact) mass is 415 g/mol. The summed E-state index contributed by atoms with van der Waals surface area (Å²) in [4.78, 5) is 20.6. The number of rotatable bonds is 4. The third kappa shape index (κ3) is 3.07. The molecule has 4 aromatic rings. The summed E-state index contributed by atoms with van der Waals surface area (Å²) < 4.78 is 1.88. The van der Waals surface area contributed by atoms with E-state index in [9.17, 15) is 0 Å². The highest BCUT2D eigenvalue weighted by molar-refractivity contribution is 5.89. The Morgan fingerprint density at radius 1 is 1.00 bits per heavy atom. The van der Waals surface area contributed by atoms with Crippen LogP contribution in [0.25, 0.3) is 27.9 Å². The lowest BCUT2D eigenvalue weighted by Crippen LogP contribution is -2.46. The molecule has 158 valence electrons. The molecule has 2 aliphatic rings.